The zero-order valence-corrected chi connectivity index (χ0v) is 20.4. The van der Waals surface area contributed by atoms with E-state index in [1.54, 1.807) is 69.3 Å². The minimum atomic E-state index is -1.68. The number of nitrogens with one attached hydrogen (secondary N) is 1. The van der Waals surface area contributed by atoms with Gasteiger partial charge in [-0.1, -0.05) is 36.4 Å². The molecular formula is C25H29N3O7. The number of amides is 3. The maximum Gasteiger partial charge on any atom is 0.421 e. The molecule has 1 aliphatic rings. The lowest BCUT2D eigenvalue weighted by Crippen LogP contribution is -2.60. The number of hydrogen-bond acceptors (Lipinski definition) is 7. The number of benzene rings is 2. The summed E-state index contributed by atoms with van der Waals surface area (Å²) in [6.45, 7) is 5.50. The molecule has 0 unspecified atom stereocenters. The van der Waals surface area contributed by atoms with E-state index in [1.807, 2.05) is 0 Å². The van der Waals surface area contributed by atoms with Crippen molar-refractivity contribution in [3.05, 3.63) is 69.8 Å². The number of imide groups is 1. The van der Waals surface area contributed by atoms with Gasteiger partial charge in [0.05, 0.1) is 12.8 Å². The SMILES string of the molecule is COc1ccccc1C[C@@]1([C@@H](C[N+](=O)[O-])NC(C)=O)C(=O)N(C(=O)OC(C)(C)C)c2ccccc21. The van der Waals surface area contributed by atoms with Gasteiger partial charge in [-0.05, 0) is 50.5 Å². The molecule has 1 heterocycles. The van der Waals surface area contributed by atoms with E-state index >= 15 is 0 Å². The smallest absolute Gasteiger partial charge is 0.421 e. The second-order valence-electron chi connectivity index (χ2n) is 9.37. The number of nitrogens with zero attached hydrogens (tertiary/aromatic N) is 2. The average Bonchev–Trinajstić information content (AvgIpc) is 3.00. The number of ether oxygens (including phenoxy) is 2. The molecular weight excluding hydrogens is 454 g/mol. The highest BCUT2D eigenvalue weighted by Gasteiger charge is 2.59. The summed E-state index contributed by atoms with van der Waals surface area (Å²) < 4.78 is 11.0. The van der Waals surface area contributed by atoms with Crippen LogP contribution in [0.2, 0.25) is 0 Å². The van der Waals surface area contributed by atoms with E-state index in [-0.39, 0.29) is 12.1 Å². The Morgan fingerprint density at radius 1 is 1.14 bits per heavy atom. The molecule has 10 nitrogen and oxygen atoms in total. The molecule has 1 N–H and O–H groups in total. The second-order valence-corrected chi connectivity index (χ2v) is 9.37. The molecule has 1 aliphatic heterocycles. The molecule has 2 atom stereocenters. The van der Waals surface area contributed by atoms with Gasteiger partial charge in [-0.2, -0.15) is 0 Å². The van der Waals surface area contributed by atoms with Crippen molar-refractivity contribution in [2.24, 2.45) is 0 Å². The summed E-state index contributed by atoms with van der Waals surface area (Å²) in [6, 6.07) is 12.3. The highest BCUT2D eigenvalue weighted by atomic mass is 16.6. The van der Waals surface area contributed by atoms with Gasteiger partial charge in [-0.3, -0.25) is 19.7 Å². The second kappa shape index (κ2) is 9.73. The summed E-state index contributed by atoms with van der Waals surface area (Å²) in [6.07, 6.45) is -0.968. The summed E-state index contributed by atoms with van der Waals surface area (Å²) in [5.74, 6) is -0.799. The number of rotatable bonds is 7. The van der Waals surface area contributed by atoms with Crippen LogP contribution >= 0.6 is 0 Å². The minimum absolute atomic E-state index is 0.0645. The zero-order valence-electron chi connectivity index (χ0n) is 20.4. The molecule has 0 spiro atoms. The number of carbonyl (C=O) groups excluding carboxylic acids is 3. The third-order valence-electron chi connectivity index (χ3n) is 5.75. The number of methoxy groups -OCH3 is 1. The fourth-order valence-corrected chi connectivity index (χ4v) is 4.46. The van der Waals surface area contributed by atoms with Gasteiger partial charge in [0.25, 0.3) is 0 Å². The molecule has 0 aromatic heterocycles. The first-order valence-corrected chi connectivity index (χ1v) is 11.1. The predicted molar refractivity (Wildman–Crippen MR) is 128 cm³/mol. The van der Waals surface area contributed by atoms with E-state index in [4.69, 9.17) is 9.47 Å². The molecule has 0 fully saturated rings. The van der Waals surface area contributed by atoms with Gasteiger partial charge in [0.15, 0.2) is 0 Å². The Balaban J connectivity index is 2.29. The van der Waals surface area contributed by atoms with Gasteiger partial charge in [0, 0.05) is 11.8 Å². The normalized spacial score (nSPS) is 18.0. The molecule has 35 heavy (non-hydrogen) atoms. The topological polar surface area (TPSA) is 128 Å². The number of anilines is 1. The first-order valence-electron chi connectivity index (χ1n) is 11.1. The molecule has 2 aromatic carbocycles. The number of hydrogen-bond donors (Lipinski definition) is 1. The maximum atomic E-state index is 14.2. The van der Waals surface area contributed by atoms with E-state index in [0.717, 1.165) is 4.90 Å². The third kappa shape index (κ3) is 5.11. The van der Waals surface area contributed by atoms with E-state index in [2.05, 4.69) is 5.32 Å². The van der Waals surface area contributed by atoms with Gasteiger partial charge in [-0.25, -0.2) is 9.69 Å². The molecule has 3 rings (SSSR count). The van der Waals surface area contributed by atoms with Crippen LogP contribution < -0.4 is 15.0 Å². The Labute approximate surface area is 203 Å². The number of nitro groups is 1. The number of para-hydroxylation sites is 2. The van der Waals surface area contributed by atoms with Crippen LogP contribution in [0.5, 0.6) is 5.75 Å². The Bertz CT molecular complexity index is 1140. The van der Waals surface area contributed by atoms with Crippen LogP contribution in [0, 0.1) is 10.1 Å². The molecule has 3 amide bonds. The first kappa shape index (κ1) is 25.7. The van der Waals surface area contributed by atoms with Crippen LogP contribution in [0.15, 0.2) is 48.5 Å². The molecule has 10 heteroatoms. The Kier molecular flexibility index (Phi) is 7.14. The van der Waals surface area contributed by atoms with Crippen LogP contribution in [0.3, 0.4) is 0 Å². The lowest BCUT2D eigenvalue weighted by atomic mass is 9.70. The Morgan fingerprint density at radius 3 is 2.37 bits per heavy atom. The first-order chi connectivity index (χ1) is 16.4. The van der Waals surface area contributed by atoms with E-state index < -0.39 is 46.4 Å². The standard InChI is InChI=1S/C25H29N3O7/c1-16(29)26-21(15-27(32)33)25(14-17-10-6-9-13-20(17)34-5)18-11-7-8-12-19(18)28(22(25)30)23(31)35-24(2,3)4/h6-13,21H,14-15H2,1-5H3,(H,26,29)/t21-,25-/m1/s1. The van der Waals surface area contributed by atoms with Crippen LogP contribution in [-0.2, 0) is 26.2 Å². The van der Waals surface area contributed by atoms with Crippen molar-refractivity contribution in [1.29, 1.82) is 0 Å². The van der Waals surface area contributed by atoms with Crippen molar-refractivity contribution in [3.8, 4) is 5.75 Å². The molecule has 0 saturated heterocycles. The van der Waals surface area contributed by atoms with Crippen molar-refractivity contribution in [2.45, 2.75) is 51.2 Å². The van der Waals surface area contributed by atoms with Crippen molar-refractivity contribution in [3.63, 3.8) is 0 Å². The maximum absolute atomic E-state index is 14.2. The zero-order chi connectivity index (χ0) is 26.0. The Hall–Kier alpha value is -3.95. The highest BCUT2D eigenvalue weighted by molar-refractivity contribution is 6.21. The van der Waals surface area contributed by atoms with Gasteiger partial charge >= 0.3 is 6.09 Å². The molecule has 0 radical (unpaired) electrons. The summed E-state index contributed by atoms with van der Waals surface area (Å²) >= 11 is 0. The van der Waals surface area contributed by atoms with Crippen molar-refractivity contribution >= 4 is 23.6 Å². The van der Waals surface area contributed by atoms with Crippen molar-refractivity contribution in [2.75, 3.05) is 18.6 Å². The number of fused-ring (bicyclic) bond motifs is 1. The van der Waals surface area contributed by atoms with E-state index in [9.17, 15) is 24.5 Å². The monoisotopic (exact) mass is 483 g/mol. The lowest BCUT2D eigenvalue weighted by Gasteiger charge is -2.35. The molecule has 186 valence electrons. The van der Waals surface area contributed by atoms with Gasteiger partial charge in [0.2, 0.25) is 18.4 Å². The summed E-state index contributed by atoms with van der Waals surface area (Å²) in [7, 11) is 1.48. The van der Waals surface area contributed by atoms with Crippen LogP contribution in [0.25, 0.3) is 0 Å². The van der Waals surface area contributed by atoms with Gasteiger partial charge in [-0.15, -0.1) is 0 Å². The number of carbonyl (C=O) groups is 3. The highest BCUT2D eigenvalue weighted by Crippen LogP contribution is 2.47. The van der Waals surface area contributed by atoms with Crippen LogP contribution in [0.1, 0.15) is 38.8 Å². The molecule has 2 aromatic rings. The largest absolute Gasteiger partial charge is 0.496 e. The summed E-state index contributed by atoms with van der Waals surface area (Å²) in [5, 5.41) is 14.3. The lowest BCUT2D eigenvalue weighted by molar-refractivity contribution is -0.484. The van der Waals surface area contributed by atoms with Gasteiger partial charge in [0.1, 0.15) is 22.8 Å². The fourth-order valence-electron chi connectivity index (χ4n) is 4.46. The molecule has 0 aliphatic carbocycles. The Morgan fingerprint density at radius 2 is 1.77 bits per heavy atom. The van der Waals surface area contributed by atoms with Crippen LogP contribution in [-0.4, -0.2) is 48.1 Å². The molecule has 0 bridgehead atoms. The average molecular weight is 484 g/mol. The third-order valence-corrected chi connectivity index (χ3v) is 5.75. The fraction of sp³-hybridized carbons (Fsp3) is 0.400. The van der Waals surface area contributed by atoms with E-state index in [1.165, 1.54) is 14.0 Å². The summed E-state index contributed by atoms with van der Waals surface area (Å²) in [5.41, 5.74) is -1.36. The van der Waals surface area contributed by atoms with Crippen molar-refractivity contribution in [1.82, 2.24) is 5.32 Å². The predicted octanol–water partition coefficient (Wildman–Crippen LogP) is 3.24. The van der Waals surface area contributed by atoms with Crippen molar-refractivity contribution < 1.29 is 28.8 Å². The summed E-state index contributed by atoms with van der Waals surface area (Å²) in [4.78, 5) is 51.6. The molecule has 0 saturated carbocycles. The van der Waals surface area contributed by atoms with Gasteiger partial charge < -0.3 is 14.8 Å². The quantitative estimate of drug-likeness (QED) is 0.473. The minimum Gasteiger partial charge on any atom is -0.496 e. The van der Waals surface area contributed by atoms with Crippen LogP contribution in [0.4, 0.5) is 10.5 Å². The van der Waals surface area contributed by atoms with E-state index in [0.29, 0.717) is 16.9 Å².